The Kier molecular flexibility index (Phi) is 6.21. The topological polar surface area (TPSA) is 122 Å². The maximum absolute atomic E-state index is 12.0. The SMILES string of the molecule is COc1ccc([N+](=O)[O-])cc1C(CC(=O)OC(C)(C)C)C[N+](=O)[O-]. The van der Waals surface area contributed by atoms with Crippen LogP contribution in [-0.4, -0.2) is 35.1 Å². The molecule has 0 spiro atoms. The smallest absolute Gasteiger partial charge is 0.307 e. The van der Waals surface area contributed by atoms with E-state index in [0.29, 0.717) is 0 Å². The van der Waals surface area contributed by atoms with Crippen LogP contribution in [0, 0.1) is 20.2 Å². The molecule has 0 saturated heterocycles. The van der Waals surface area contributed by atoms with Crippen LogP contribution < -0.4 is 4.74 Å². The van der Waals surface area contributed by atoms with Crippen LogP contribution in [0.15, 0.2) is 18.2 Å². The normalized spacial score (nSPS) is 12.3. The van der Waals surface area contributed by atoms with E-state index in [4.69, 9.17) is 9.47 Å². The van der Waals surface area contributed by atoms with Gasteiger partial charge in [-0.15, -0.1) is 0 Å². The molecule has 132 valence electrons. The second-order valence-electron chi connectivity index (χ2n) is 6.19. The van der Waals surface area contributed by atoms with Gasteiger partial charge in [0, 0.05) is 22.6 Å². The van der Waals surface area contributed by atoms with Crippen molar-refractivity contribution in [3.8, 4) is 5.75 Å². The molecule has 1 aromatic carbocycles. The molecule has 1 unspecified atom stereocenters. The van der Waals surface area contributed by atoms with Crippen LogP contribution in [0.1, 0.15) is 38.7 Å². The zero-order chi connectivity index (χ0) is 18.5. The minimum atomic E-state index is -0.898. The van der Waals surface area contributed by atoms with Crippen molar-refractivity contribution < 1.29 is 24.1 Å². The van der Waals surface area contributed by atoms with E-state index in [1.54, 1.807) is 20.8 Å². The van der Waals surface area contributed by atoms with Crippen molar-refractivity contribution in [2.24, 2.45) is 0 Å². The van der Waals surface area contributed by atoms with Gasteiger partial charge in [-0.3, -0.25) is 25.0 Å². The molecule has 0 fully saturated rings. The first-order valence-electron chi connectivity index (χ1n) is 7.19. The zero-order valence-electron chi connectivity index (χ0n) is 14.0. The number of esters is 1. The maximum Gasteiger partial charge on any atom is 0.307 e. The van der Waals surface area contributed by atoms with Crippen molar-refractivity contribution in [1.82, 2.24) is 0 Å². The predicted molar refractivity (Wildman–Crippen MR) is 84.7 cm³/mol. The van der Waals surface area contributed by atoms with Crippen LogP contribution in [0.3, 0.4) is 0 Å². The lowest BCUT2D eigenvalue weighted by molar-refractivity contribution is -0.483. The minimum Gasteiger partial charge on any atom is -0.496 e. The molecule has 0 N–H and O–H groups in total. The van der Waals surface area contributed by atoms with Gasteiger partial charge in [0.25, 0.3) is 5.69 Å². The molecule has 0 aliphatic heterocycles. The minimum absolute atomic E-state index is 0.231. The fraction of sp³-hybridized carbons (Fsp3) is 0.533. The summed E-state index contributed by atoms with van der Waals surface area (Å²) < 4.78 is 10.3. The lowest BCUT2D eigenvalue weighted by Crippen LogP contribution is -2.26. The zero-order valence-corrected chi connectivity index (χ0v) is 14.0. The van der Waals surface area contributed by atoms with Crippen molar-refractivity contribution in [1.29, 1.82) is 0 Å². The van der Waals surface area contributed by atoms with E-state index >= 15 is 0 Å². The van der Waals surface area contributed by atoms with Crippen LogP contribution in [0.2, 0.25) is 0 Å². The highest BCUT2D eigenvalue weighted by molar-refractivity contribution is 5.71. The number of hydrogen-bond acceptors (Lipinski definition) is 7. The van der Waals surface area contributed by atoms with Gasteiger partial charge in [0.2, 0.25) is 6.54 Å². The molecule has 0 amide bonds. The van der Waals surface area contributed by atoms with Crippen LogP contribution >= 0.6 is 0 Å². The van der Waals surface area contributed by atoms with Gasteiger partial charge in [-0.05, 0) is 26.8 Å². The lowest BCUT2D eigenvalue weighted by atomic mass is 9.94. The standard InChI is InChI=1S/C15H20N2O7/c1-15(2,3)24-14(18)7-10(9-16(19)20)12-8-11(17(21)22)5-6-13(12)23-4/h5-6,8,10H,7,9H2,1-4H3. The Morgan fingerprint density at radius 2 is 1.88 bits per heavy atom. The Morgan fingerprint density at radius 3 is 2.33 bits per heavy atom. The maximum atomic E-state index is 12.0. The van der Waals surface area contributed by atoms with Gasteiger partial charge < -0.3 is 9.47 Å². The van der Waals surface area contributed by atoms with Gasteiger partial charge in [0.05, 0.1) is 24.4 Å². The molecule has 0 bridgehead atoms. The number of carbonyl (C=O) groups excluding carboxylic acids is 1. The number of hydrogen-bond donors (Lipinski definition) is 0. The number of methoxy groups -OCH3 is 1. The summed E-state index contributed by atoms with van der Waals surface area (Å²) in [5.41, 5.74) is -0.735. The van der Waals surface area contributed by atoms with Gasteiger partial charge in [-0.25, -0.2) is 0 Å². The highest BCUT2D eigenvalue weighted by atomic mass is 16.6. The summed E-state index contributed by atoms with van der Waals surface area (Å²) in [6.07, 6.45) is -0.282. The molecule has 1 aromatic rings. The first kappa shape index (κ1) is 19.3. The molecule has 1 rings (SSSR count). The molecular weight excluding hydrogens is 320 g/mol. The van der Waals surface area contributed by atoms with Gasteiger partial charge in [0.15, 0.2) is 0 Å². The van der Waals surface area contributed by atoms with E-state index in [-0.39, 0.29) is 23.4 Å². The van der Waals surface area contributed by atoms with E-state index in [1.165, 1.54) is 25.3 Å². The monoisotopic (exact) mass is 340 g/mol. The third-order valence-electron chi connectivity index (χ3n) is 3.07. The van der Waals surface area contributed by atoms with E-state index in [1.807, 2.05) is 0 Å². The number of nitro benzene ring substituents is 1. The van der Waals surface area contributed by atoms with Crippen molar-refractivity contribution >= 4 is 11.7 Å². The summed E-state index contributed by atoms with van der Waals surface area (Å²) in [5, 5.41) is 21.9. The Bertz CT molecular complexity index is 637. The Labute approximate surface area is 138 Å². The number of carbonyl (C=O) groups is 1. The predicted octanol–water partition coefficient (Wildman–Crippen LogP) is 2.70. The molecule has 24 heavy (non-hydrogen) atoms. The molecule has 0 saturated carbocycles. The van der Waals surface area contributed by atoms with Crippen molar-refractivity contribution in [3.63, 3.8) is 0 Å². The average molecular weight is 340 g/mol. The first-order valence-corrected chi connectivity index (χ1v) is 7.19. The van der Waals surface area contributed by atoms with E-state index in [9.17, 15) is 25.0 Å². The van der Waals surface area contributed by atoms with Crippen molar-refractivity contribution in [2.45, 2.75) is 38.7 Å². The molecule has 0 aliphatic carbocycles. The second kappa shape index (κ2) is 7.71. The quantitative estimate of drug-likeness (QED) is 0.425. The van der Waals surface area contributed by atoms with Gasteiger partial charge in [-0.2, -0.15) is 0 Å². The van der Waals surface area contributed by atoms with E-state index in [0.717, 1.165) is 0 Å². The van der Waals surface area contributed by atoms with Gasteiger partial charge >= 0.3 is 5.97 Å². The van der Waals surface area contributed by atoms with E-state index in [2.05, 4.69) is 0 Å². The number of ether oxygens (including phenoxy) is 2. The molecule has 0 heterocycles. The third kappa shape index (κ3) is 5.82. The average Bonchev–Trinajstić information content (AvgIpc) is 2.43. The molecule has 1 atom stereocenters. The van der Waals surface area contributed by atoms with Gasteiger partial charge in [-0.1, -0.05) is 0 Å². The summed E-state index contributed by atoms with van der Waals surface area (Å²) in [6, 6.07) is 3.78. The van der Waals surface area contributed by atoms with E-state index < -0.39 is 33.9 Å². The fourth-order valence-electron chi connectivity index (χ4n) is 2.19. The molecular formula is C15H20N2O7. The number of rotatable bonds is 7. The number of non-ortho nitro benzene ring substituents is 1. The molecule has 9 heteroatoms. The Morgan fingerprint density at radius 1 is 1.25 bits per heavy atom. The number of benzene rings is 1. The molecule has 9 nitrogen and oxygen atoms in total. The third-order valence-corrected chi connectivity index (χ3v) is 3.07. The second-order valence-corrected chi connectivity index (χ2v) is 6.19. The Hall–Kier alpha value is -2.71. The molecule has 0 aliphatic rings. The number of nitro groups is 2. The van der Waals surface area contributed by atoms with Crippen LogP contribution in [0.25, 0.3) is 0 Å². The summed E-state index contributed by atoms with van der Waals surface area (Å²) >= 11 is 0. The molecule has 0 aromatic heterocycles. The van der Waals surface area contributed by atoms with Crippen molar-refractivity contribution in [2.75, 3.05) is 13.7 Å². The lowest BCUT2D eigenvalue weighted by Gasteiger charge is -2.21. The van der Waals surface area contributed by atoms with Crippen LogP contribution in [-0.2, 0) is 9.53 Å². The summed E-state index contributed by atoms with van der Waals surface area (Å²) in [6.45, 7) is 4.47. The Balaban J connectivity index is 3.19. The largest absolute Gasteiger partial charge is 0.496 e. The summed E-state index contributed by atoms with van der Waals surface area (Å²) in [5.74, 6) is -1.27. The summed E-state index contributed by atoms with van der Waals surface area (Å²) in [4.78, 5) is 32.7. The first-order chi connectivity index (χ1) is 11.0. The van der Waals surface area contributed by atoms with Crippen LogP contribution in [0.4, 0.5) is 5.69 Å². The van der Waals surface area contributed by atoms with Crippen molar-refractivity contribution in [3.05, 3.63) is 44.0 Å². The van der Waals surface area contributed by atoms with Crippen LogP contribution in [0.5, 0.6) is 5.75 Å². The fourth-order valence-corrected chi connectivity index (χ4v) is 2.19. The number of nitrogens with zero attached hydrogens (tertiary/aromatic N) is 2. The van der Waals surface area contributed by atoms with Gasteiger partial charge in [0.1, 0.15) is 11.4 Å². The summed E-state index contributed by atoms with van der Waals surface area (Å²) in [7, 11) is 1.35. The highest BCUT2D eigenvalue weighted by Crippen LogP contribution is 2.33. The molecule has 0 radical (unpaired) electrons. The highest BCUT2D eigenvalue weighted by Gasteiger charge is 2.29.